The van der Waals surface area contributed by atoms with Gasteiger partial charge in [0.2, 0.25) is 5.90 Å². The topological polar surface area (TPSA) is 68.1 Å². The van der Waals surface area contributed by atoms with Gasteiger partial charge in [-0.2, -0.15) is 0 Å². The number of rotatable bonds is 2. The molecule has 5 nitrogen and oxygen atoms in total. The minimum atomic E-state index is -0.696. The van der Waals surface area contributed by atoms with E-state index in [1.807, 2.05) is 6.92 Å². The fourth-order valence-electron chi connectivity index (χ4n) is 2.39. The Bertz CT molecular complexity index is 305. The third kappa shape index (κ3) is 2.13. The van der Waals surface area contributed by atoms with E-state index in [9.17, 15) is 4.79 Å². The highest BCUT2D eigenvalue weighted by Crippen LogP contribution is 2.40. The van der Waals surface area contributed by atoms with Gasteiger partial charge in [0.1, 0.15) is 5.60 Å². The van der Waals surface area contributed by atoms with Crippen molar-refractivity contribution in [3.63, 3.8) is 0 Å². The Kier molecular flexibility index (Phi) is 3.03. The number of aliphatic carboxylic acids is 1. The van der Waals surface area contributed by atoms with Gasteiger partial charge in [-0.3, -0.25) is 4.79 Å². The highest BCUT2D eigenvalue weighted by atomic mass is 16.7. The van der Waals surface area contributed by atoms with Gasteiger partial charge in [-0.25, -0.2) is 0 Å². The Morgan fingerprint density at radius 1 is 1.62 bits per heavy atom. The first-order valence-corrected chi connectivity index (χ1v) is 5.76. The van der Waals surface area contributed by atoms with E-state index in [-0.39, 0.29) is 11.5 Å². The van der Waals surface area contributed by atoms with Crippen molar-refractivity contribution in [2.45, 2.75) is 44.6 Å². The van der Waals surface area contributed by atoms with Crippen LogP contribution in [0.5, 0.6) is 0 Å². The van der Waals surface area contributed by atoms with Crippen molar-refractivity contribution in [1.29, 1.82) is 0 Å². The SMILES string of the molecule is CCOC1=NOC2(CCC(C(=O)O)CC2)C1. The molecule has 2 rings (SSSR count). The van der Waals surface area contributed by atoms with Gasteiger partial charge in [0, 0.05) is 0 Å². The molecule has 1 saturated carbocycles. The Morgan fingerprint density at radius 2 is 2.31 bits per heavy atom. The molecule has 1 aliphatic carbocycles. The number of nitrogens with zero attached hydrogens (tertiary/aromatic N) is 1. The molecular formula is C11H17NO4. The van der Waals surface area contributed by atoms with Gasteiger partial charge in [-0.1, -0.05) is 5.16 Å². The van der Waals surface area contributed by atoms with E-state index in [1.54, 1.807) is 0 Å². The Hall–Kier alpha value is -1.26. The molecule has 1 fully saturated rings. The van der Waals surface area contributed by atoms with E-state index in [4.69, 9.17) is 14.7 Å². The molecule has 0 aromatic heterocycles. The number of carbonyl (C=O) groups is 1. The molecule has 1 aliphatic heterocycles. The second-order valence-corrected chi connectivity index (χ2v) is 4.48. The Balaban J connectivity index is 1.88. The van der Waals surface area contributed by atoms with Crippen LogP contribution in [0.3, 0.4) is 0 Å². The summed E-state index contributed by atoms with van der Waals surface area (Å²) in [6.07, 6.45) is 3.54. The van der Waals surface area contributed by atoms with Crippen molar-refractivity contribution in [3.05, 3.63) is 0 Å². The molecule has 1 heterocycles. The van der Waals surface area contributed by atoms with Crippen molar-refractivity contribution in [2.75, 3.05) is 6.61 Å². The molecule has 5 heteroatoms. The summed E-state index contributed by atoms with van der Waals surface area (Å²) in [5.74, 6) is -0.263. The van der Waals surface area contributed by atoms with Gasteiger partial charge in [0.15, 0.2) is 0 Å². The predicted molar refractivity (Wildman–Crippen MR) is 57.1 cm³/mol. The lowest BCUT2D eigenvalue weighted by atomic mass is 9.77. The number of carboxylic acids is 1. The minimum Gasteiger partial charge on any atom is -0.481 e. The minimum absolute atomic E-state index is 0.217. The summed E-state index contributed by atoms with van der Waals surface area (Å²) in [6, 6.07) is 0. The molecule has 0 atom stereocenters. The predicted octanol–water partition coefficient (Wildman–Crippen LogP) is 1.77. The van der Waals surface area contributed by atoms with Crippen LogP contribution < -0.4 is 0 Å². The number of hydrogen-bond donors (Lipinski definition) is 1. The van der Waals surface area contributed by atoms with Crippen LogP contribution in [-0.2, 0) is 14.4 Å². The lowest BCUT2D eigenvalue weighted by Gasteiger charge is -2.32. The smallest absolute Gasteiger partial charge is 0.306 e. The molecule has 16 heavy (non-hydrogen) atoms. The van der Waals surface area contributed by atoms with Crippen LogP contribution >= 0.6 is 0 Å². The van der Waals surface area contributed by atoms with Crippen molar-refractivity contribution in [2.24, 2.45) is 11.1 Å². The third-order valence-corrected chi connectivity index (χ3v) is 3.37. The summed E-state index contributed by atoms with van der Waals surface area (Å²) < 4.78 is 5.31. The molecule has 0 amide bonds. The summed E-state index contributed by atoms with van der Waals surface area (Å²) in [5.41, 5.74) is -0.281. The van der Waals surface area contributed by atoms with Crippen LogP contribution in [0, 0.1) is 5.92 Å². The zero-order valence-corrected chi connectivity index (χ0v) is 9.44. The molecule has 1 N–H and O–H groups in total. The summed E-state index contributed by atoms with van der Waals surface area (Å²) in [7, 11) is 0. The van der Waals surface area contributed by atoms with E-state index in [1.165, 1.54) is 0 Å². The Morgan fingerprint density at radius 3 is 2.88 bits per heavy atom. The van der Waals surface area contributed by atoms with Crippen molar-refractivity contribution < 1.29 is 19.5 Å². The zero-order chi connectivity index (χ0) is 11.6. The van der Waals surface area contributed by atoms with Crippen LogP contribution in [0.4, 0.5) is 0 Å². The summed E-state index contributed by atoms with van der Waals surface area (Å²) >= 11 is 0. The first-order chi connectivity index (χ1) is 7.65. The molecule has 2 aliphatic rings. The fraction of sp³-hybridized carbons (Fsp3) is 0.818. The maximum Gasteiger partial charge on any atom is 0.306 e. The van der Waals surface area contributed by atoms with Crippen LogP contribution in [-0.4, -0.2) is 29.2 Å². The van der Waals surface area contributed by atoms with Crippen LogP contribution in [0.15, 0.2) is 5.16 Å². The standard InChI is InChI=1S/C11H17NO4/c1-2-15-9-7-11(16-12-9)5-3-8(4-6-11)10(13)14/h8H,2-7H2,1H3,(H,13,14). The normalized spacial score (nSPS) is 33.3. The average molecular weight is 227 g/mol. The largest absolute Gasteiger partial charge is 0.481 e. The maximum absolute atomic E-state index is 10.8. The number of hydrogen-bond acceptors (Lipinski definition) is 4. The van der Waals surface area contributed by atoms with E-state index in [2.05, 4.69) is 5.16 Å². The van der Waals surface area contributed by atoms with Crippen molar-refractivity contribution >= 4 is 11.9 Å². The molecule has 1 spiro atoms. The van der Waals surface area contributed by atoms with E-state index >= 15 is 0 Å². The average Bonchev–Trinajstić information content (AvgIpc) is 2.63. The molecule has 0 aromatic carbocycles. The van der Waals surface area contributed by atoms with Crippen LogP contribution in [0.2, 0.25) is 0 Å². The van der Waals surface area contributed by atoms with E-state index in [0.717, 1.165) is 12.8 Å². The third-order valence-electron chi connectivity index (χ3n) is 3.37. The molecule has 0 bridgehead atoms. The lowest BCUT2D eigenvalue weighted by Crippen LogP contribution is -2.36. The van der Waals surface area contributed by atoms with E-state index < -0.39 is 5.97 Å². The maximum atomic E-state index is 10.8. The van der Waals surface area contributed by atoms with Gasteiger partial charge in [-0.15, -0.1) is 0 Å². The Labute approximate surface area is 94.4 Å². The fourth-order valence-corrected chi connectivity index (χ4v) is 2.39. The highest BCUT2D eigenvalue weighted by molar-refractivity contribution is 5.78. The first-order valence-electron chi connectivity index (χ1n) is 5.76. The second kappa shape index (κ2) is 4.31. The summed E-state index contributed by atoms with van der Waals surface area (Å²) in [4.78, 5) is 16.3. The van der Waals surface area contributed by atoms with E-state index in [0.29, 0.717) is 31.8 Å². The molecule has 0 radical (unpaired) electrons. The first kappa shape index (κ1) is 11.2. The molecule has 0 saturated heterocycles. The van der Waals surface area contributed by atoms with Crippen LogP contribution in [0.1, 0.15) is 39.0 Å². The summed E-state index contributed by atoms with van der Waals surface area (Å²) in [5, 5.41) is 12.8. The molecule has 0 unspecified atom stereocenters. The number of carboxylic acid groups (broad SMARTS) is 1. The molecular weight excluding hydrogens is 210 g/mol. The number of oxime groups is 1. The second-order valence-electron chi connectivity index (χ2n) is 4.48. The lowest BCUT2D eigenvalue weighted by molar-refractivity contribution is -0.145. The quantitative estimate of drug-likeness (QED) is 0.780. The van der Waals surface area contributed by atoms with Gasteiger partial charge in [0.05, 0.1) is 18.9 Å². The molecule has 0 aromatic rings. The number of ether oxygens (including phenoxy) is 1. The van der Waals surface area contributed by atoms with Crippen molar-refractivity contribution in [1.82, 2.24) is 0 Å². The van der Waals surface area contributed by atoms with Gasteiger partial charge >= 0.3 is 5.97 Å². The monoisotopic (exact) mass is 227 g/mol. The summed E-state index contributed by atoms with van der Waals surface area (Å²) in [6.45, 7) is 2.50. The van der Waals surface area contributed by atoms with Crippen LogP contribution in [0.25, 0.3) is 0 Å². The van der Waals surface area contributed by atoms with Gasteiger partial charge in [-0.05, 0) is 32.6 Å². The van der Waals surface area contributed by atoms with Crippen molar-refractivity contribution in [3.8, 4) is 0 Å². The van der Waals surface area contributed by atoms with Gasteiger partial charge in [0.25, 0.3) is 0 Å². The molecule has 90 valence electrons. The van der Waals surface area contributed by atoms with Gasteiger partial charge < -0.3 is 14.7 Å². The zero-order valence-electron chi connectivity index (χ0n) is 9.44. The highest BCUT2D eigenvalue weighted by Gasteiger charge is 2.44.